The molecule has 0 aliphatic heterocycles. The normalized spacial score (nSPS) is 11.8. The van der Waals surface area contributed by atoms with E-state index in [1.165, 1.54) is 17.7 Å². The molecule has 1 rings (SSSR count). The van der Waals surface area contributed by atoms with E-state index in [-0.39, 0.29) is 5.82 Å². The number of hydrogen-bond donors (Lipinski definition) is 0. The van der Waals surface area contributed by atoms with Gasteiger partial charge in [-0.05, 0) is 43.1 Å². The molecule has 0 aliphatic rings. The highest BCUT2D eigenvalue weighted by molar-refractivity contribution is 6.65. The second-order valence-corrected chi connectivity index (χ2v) is 7.96. The molecule has 0 unspecified atom stereocenters. The molecule has 17 heavy (non-hydrogen) atoms. The van der Waals surface area contributed by atoms with E-state index in [1.807, 2.05) is 12.1 Å². The van der Waals surface area contributed by atoms with E-state index < -0.39 is 8.56 Å². The predicted octanol–water partition coefficient (Wildman–Crippen LogP) is 3.51. The molecule has 0 atom stereocenters. The fourth-order valence-electron chi connectivity index (χ4n) is 1.71. The van der Waals surface area contributed by atoms with Crippen molar-refractivity contribution in [3.8, 4) is 0 Å². The summed E-state index contributed by atoms with van der Waals surface area (Å²) < 4.78 is 23.5. The second-order valence-electron chi connectivity index (χ2n) is 4.38. The van der Waals surface area contributed by atoms with Gasteiger partial charge in [0.05, 0.1) is 0 Å². The van der Waals surface area contributed by atoms with Crippen LogP contribution in [0.2, 0.25) is 12.6 Å². The lowest BCUT2D eigenvalue weighted by molar-refractivity contribution is 0.248. The summed E-state index contributed by atoms with van der Waals surface area (Å²) in [6, 6.07) is 7.72. The summed E-state index contributed by atoms with van der Waals surface area (Å²) in [5.74, 6) is -0.174. The van der Waals surface area contributed by atoms with Crippen LogP contribution in [0.5, 0.6) is 0 Å². The van der Waals surface area contributed by atoms with Crippen LogP contribution in [0.25, 0.3) is 0 Å². The van der Waals surface area contributed by atoms with E-state index in [9.17, 15) is 4.39 Å². The van der Waals surface area contributed by atoms with E-state index in [1.54, 1.807) is 14.2 Å². The fraction of sp³-hybridized carbons (Fsp3) is 0.538. The molecule has 0 aliphatic carbocycles. The van der Waals surface area contributed by atoms with Crippen molar-refractivity contribution in [3.63, 3.8) is 0 Å². The minimum atomic E-state index is -1.90. The van der Waals surface area contributed by atoms with Gasteiger partial charge in [0.1, 0.15) is 5.82 Å². The lowest BCUT2D eigenvalue weighted by atomic mass is 10.1. The van der Waals surface area contributed by atoms with Gasteiger partial charge in [0, 0.05) is 14.2 Å². The van der Waals surface area contributed by atoms with Gasteiger partial charge in [-0.1, -0.05) is 18.6 Å². The van der Waals surface area contributed by atoms with Crippen molar-refractivity contribution in [2.45, 2.75) is 31.9 Å². The largest absolute Gasteiger partial charge is 0.398 e. The maximum Gasteiger partial charge on any atom is 0.334 e. The van der Waals surface area contributed by atoms with Gasteiger partial charge in [-0.2, -0.15) is 0 Å². The topological polar surface area (TPSA) is 18.5 Å². The Labute approximate surface area is 104 Å². The lowest BCUT2D eigenvalue weighted by Crippen LogP contribution is -2.35. The number of hydrogen-bond acceptors (Lipinski definition) is 2. The first kappa shape index (κ1) is 14.3. The number of unbranched alkanes of at least 4 members (excludes halogenated alkanes) is 1. The van der Waals surface area contributed by atoms with Crippen LogP contribution in [-0.4, -0.2) is 22.8 Å². The Hall–Kier alpha value is -0.713. The van der Waals surface area contributed by atoms with E-state index in [2.05, 4.69) is 6.55 Å². The van der Waals surface area contributed by atoms with E-state index >= 15 is 0 Å². The minimum Gasteiger partial charge on any atom is -0.398 e. The molecule has 1 aromatic carbocycles. The summed E-state index contributed by atoms with van der Waals surface area (Å²) in [6.07, 6.45) is 3.15. The first-order chi connectivity index (χ1) is 8.09. The van der Waals surface area contributed by atoms with Crippen molar-refractivity contribution in [1.29, 1.82) is 0 Å². The van der Waals surface area contributed by atoms with Crippen LogP contribution in [0, 0.1) is 5.82 Å². The third-order valence-electron chi connectivity index (χ3n) is 3.12. The maximum atomic E-state index is 12.7. The van der Waals surface area contributed by atoms with Gasteiger partial charge in [-0.15, -0.1) is 0 Å². The first-order valence-electron chi connectivity index (χ1n) is 5.94. The van der Waals surface area contributed by atoms with Crippen molar-refractivity contribution >= 4 is 8.56 Å². The molecule has 1 aromatic rings. The molecule has 96 valence electrons. The Bertz CT molecular complexity index is 323. The molecule has 0 heterocycles. The molecule has 2 nitrogen and oxygen atoms in total. The van der Waals surface area contributed by atoms with Crippen molar-refractivity contribution in [3.05, 3.63) is 35.6 Å². The second kappa shape index (κ2) is 6.89. The fourth-order valence-corrected chi connectivity index (χ4v) is 3.18. The number of aryl methyl sites for hydroxylation is 1. The molecule has 0 amide bonds. The summed E-state index contributed by atoms with van der Waals surface area (Å²) in [5, 5.41) is 0. The summed E-state index contributed by atoms with van der Waals surface area (Å²) in [6.45, 7) is 2.07. The summed E-state index contributed by atoms with van der Waals surface area (Å²) in [5.41, 5.74) is 1.18. The Morgan fingerprint density at radius 3 is 2.18 bits per heavy atom. The minimum absolute atomic E-state index is 0.174. The van der Waals surface area contributed by atoms with Crippen molar-refractivity contribution in [1.82, 2.24) is 0 Å². The SMILES string of the molecule is CO[Si](C)(CCCCc1ccc(F)cc1)OC. The van der Waals surface area contributed by atoms with Crippen LogP contribution >= 0.6 is 0 Å². The summed E-state index contributed by atoms with van der Waals surface area (Å²) >= 11 is 0. The highest BCUT2D eigenvalue weighted by Crippen LogP contribution is 2.16. The van der Waals surface area contributed by atoms with Crippen LogP contribution in [0.4, 0.5) is 4.39 Å². The molecule has 0 bridgehead atoms. The zero-order valence-corrected chi connectivity index (χ0v) is 11.8. The van der Waals surface area contributed by atoms with Gasteiger partial charge in [0.2, 0.25) is 0 Å². The number of halogens is 1. The average molecular weight is 256 g/mol. The zero-order valence-electron chi connectivity index (χ0n) is 10.8. The van der Waals surface area contributed by atoms with Gasteiger partial charge >= 0.3 is 8.56 Å². The molecule has 0 aromatic heterocycles. The van der Waals surface area contributed by atoms with Gasteiger partial charge in [-0.3, -0.25) is 0 Å². The monoisotopic (exact) mass is 256 g/mol. The van der Waals surface area contributed by atoms with Crippen molar-refractivity contribution in [2.24, 2.45) is 0 Å². The average Bonchev–Trinajstić information content (AvgIpc) is 2.36. The third kappa shape index (κ3) is 4.98. The van der Waals surface area contributed by atoms with Crippen LogP contribution in [0.15, 0.2) is 24.3 Å². The van der Waals surface area contributed by atoms with Gasteiger partial charge < -0.3 is 8.85 Å². The highest BCUT2D eigenvalue weighted by Gasteiger charge is 2.27. The molecule has 0 spiro atoms. The van der Waals surface area contributed by atoms with Crippen molar-refractivity contribution in [2.75, 3.05) is 14.2 Å². The van der Waals surface area contributed by atoms with Crippen molar-refractivity contribution < 1.29 is 13.2 Å². The molecule has 0 N–H and O–H groups in total. The number of benzene rings is 1. The van der Waals surface area contributed by atoms with Crippen LogP contribution in [0.3, 0.4) is 0 Å². The molecule has 4 heteroatoms. The van der Waals surface area contributed by atoms with Crippen LogP contribution in [0.1, 0.15) is 18.4 Å². The summed E-state index contributed by atoms with van der Waals surface area (Å²) in [7, 11) is 1.53. The Morgan fingerprint density at radius 1 is 1.06 bits per heavy atom. The van der Waals surface area contributed by atoms with Gasteiger partial charge in [0.25, 0.3) is 0 Å². The third-order valence-corrected chi connectivity index (χ3v) is 6.11. The molecule has 0 fully saturated rings. The first-order valence-corrected chi connectivity index (χ1v) is 8.47. The van der Waals surface area contributed by atoms with E-state index in [4.69, 9.17) is 8.85 Å². The van der Waals surface area contributed by atoms with E-state index in [0.717, 1.165) is 25.3 Å². The Kier molecular flexibility index (Phi) is 5.81. The molecule has 0 saturated carbocycles. The maximum absolute atomic E-state index is 12.7. The standard InChI is InChI=1S/C13H21FO2Si/c1-15-17(3,16-2)11-5-4-6-12-7-9-13(14)10-8-12/h7-10H,4-6,11H2,1-3H3. The smallest absolute Gasteiger partial charge is 0.334 e. The molecular formula is C13H21FO2Si. The lowest BCUT2D eigenvalue weighted by Gasteiger charge is -2.22. The van der Waals surface area contributed by atoms with Gasteiger partial charge in [-0.25, -0.2) is 4.39 Å². The van der Waals surface area contributed by atoms with E-state index in [0.29, 0.717) is 0 Å². The summed E-state index contributed by atoms with van der Waals surface area (Å²) in [4.78, 5) is 0. The Morgan fingerprint density at radius 2 is 1.65 bits per heavy atom. The molecular weight excluding hydrogens is 235 g/mol. The van der Waals surface area contributed by atoms with Gasteiger partial charge in [0.15, 0.2) is 0 Å². The molecule has 0 radical (unpaired) electrons. The highest BCUT2D eigenvalue weighted by atomic mass is 28.4. The number of rotatable bonds is 7. The Balaban J connectivity index is 2.26. The quantitative estimate of drug-likeness (QED) is 0.549. The molecule has 0 saturated heterocycles. The zero-order chi connectivity index (χ0) is 12.7. The van der Waals surface area contributed by atoms with Crippen LogP contribution in [-0.2, 0) is 15.3 Å². The van der Waals surface area contributed by atoms with Crippen LogP contribution < -0.4 is 0 Å². The predicted molar refractivity (Wildman–Crippen MR) is 69.8 cm³/mol.